The Morgan fingerprint density at radius 2 is 2.00 bits per heavy atom. The van der Waals surface area contributed by atoms with Crippen molar-refractivity contribution in [2.24, 2.45) is 0 Å². The third-order valence-corrected chi connectivity index (χ3v) is 4.33. The average molecular weight is 311 g/mol. The van der Waals surface area contributed by atoms with E-state index in [9.17, 15) is 0 Å². The Hall–Kier alpha value is -1.10. The van der Waals surface area contributed by atoms with Crippen LogP contribution in [-0.4, -0.2) is 11.2 Å². The van der Waals surface area contributed by atoms with Gasteiger partial charge in [-0.2, -0.15) is 0 Å². The van der Waals surface area contributed by atoms with E-state index in [-0.39, 0.29) is 21.0 Å². The quantitative estimate of drug-likeness (QED) is 0.547. The summed E-state index contributed by atoms with van der Waals surface area (Å²) < 4.78 is 9.84. The van der Waals surface area contributed by atoms with Crippen molar-refractivity contribution in [1.82, 2.24) is 0 Å². The smallest absolute Gasteiger partial charge is 0.151 e. The second-order valence-corrected chi connectivity index (χ2v) is 5.93. The molecule has 0 radical (unpaired) electrons. The van der Waals surface area contributed by atoms with Crippen molar-refractivity contribution in [3.63, 3.8) is 0 Å². The number of fused-ring (bicyclic) bond motifs is 3. The molecule has 3 rings (SSSR count). The van der Waals surface area contributed by atoms with Crippen LogP contribution in [0.2, 0.25) is 0 Å². The molecular formula is C12H10INO. The molecule has 2 aromatic carbocycles. The van der Waals surface area contributed by atoms with Crippen LogP contribution >= 0.6 is 21.0 Å². The maximum atomic E-state index is 5.58. The van der Waals surface area contributed by atoms with E-state index >= 15 is 0 Å². The van der Waals surface area contributed by atoms with Crippen LogP contribution in [0.15, 0.2) is 36.4 Å². The van der Waals surface area contributed by atoms with Crippen LogP contribution < -0.4 is 7.85 Å². The number of benzene rings is 2. The zero-order valence-corrected chi connectivity index (χ0v) is 10.4. The van der Waals surface area contributed by atoms with Gasteiger partial charge in [0.05, 0.1) is 5.69 Å². The van der Waals surface area contributed by atoms with Crippen molar-refractivity contribution >= 4 is 41.7 Å². The van der Waals surface area contributed by atoms with E-state index < -0.39 is 0 Å². The number of halogens is 1. The zero-order valence-electron chi connectivity index (χ0n) is 8.27. The van der Waals surface area contributed by atoms with E-state index in [1.54, 1.807) is 0 Å². The fraction of sp³-hybridized carbons (Fsp3) is 0.0833. The number of hydrogen-bond acceptors (Lipinski definition) is 2. The Kier molecular flexibility index (Phi) is 2.12. The van der Waals surface area contributed by atoms with Gasteiger partial charge in [0, 0.05) is 33.4 Å². The third-order valence-electron chi connectivity index (χ3n) is 2.53. The molecule has 0 aliphatic carbocycles. The fourth-order valence-corrected chi connectivity index (χ4v) is 3.33. The minimum Gasteiger partial charge on any atom is -0.455 e. The summed E-state index contributed by atoms with van der Waals surface area (Å²) in [6, 6.07) is 12.6. The monoisotopic (exact) mass is 311 g/mol. The molecule has 1 aliphatic rings. The SMILES string of the molecule is CN1I=COc2ccc3ccccc3c21. The molecule has 0 amide bonds. The van der Waals surface area contributed by atoms with Crippen molar-refractivity contribution in [3.8, 4) is 5.75 Å². The molecule has 1 heterocycles. The molecule has 0 bridgehead atoms. The lowest BCUT2D eigenvalue weighted by molar-refractivity contribution is 0.588. The van der Waals surface area contributed by atoms with Gasteiger partial charge in [-0.15, -0.1) is 0 Å². The molecule has 2 nitrogen and oxygen atoms in total. The maximum absolute atomic E-state index is 5.58. The topological polar surface area (TPSA) is 12.5 Å². The Balaban J connectivity index is 2.38. The van der Waals surface area contributed by atoms with Crippen molar-refractivity contribution in [3.05, 3.63) is 36.4 Å². The van der Waals surface area contributed by atoms with Crippen molar-refractivity contribution in [2.75, 3.05) is 10.2 Å². The number of rotatable bonds is 0. The molecule has 0 saturated heterocycles. The molecule has 76 valence electrons. The standard InChI is InChI=1S/C12H10INO/c1-14-12-10-5-3-2-4-9(10)6-7-11(12)15-8-13-14/h2-8H,1H3. The Morgan fingerprint density at radius 1 is 1.13 bits per heavy atom. The van der Waals surface area contributed by atoms with E-state index in [1.165, 1.54) is 16.5 Å². The van der Waals surface area contributed by atoms with Crippen LogP contribution in [0.25, 0.3) is 10.8 Å². The summed E-state index contributed by atoms with van der Waals surface area (Å²) in [6.07, 6.45) is 0. The van der Waals surface area contributed by atoms with Gasteiger partial charge < -0.3 is 7.85 Å². The maximum Gasteiger partial charge on any atom is 0.151 e. The first-order valence-electron chi connectivity index (χ1n) is 4.74. The molecule has 0 atom stereocenters. The summed E-state index contributed by atoms with van der Waals surface area (Å²) in [6.45, 7) is 0. The zero-order chi connectivity index (χ0) is 10.3. The highest BCUT2D eigenvalue weighted by Gasteiger charge is 2.14. The number of hydrogen-bond donors (Lipinski definition) is 0. The molecule has 15 heavy (non-hydrogen) atoms. The highest BCUT2D eigenvalue weighted by Crippen LogP contribution is 2.40. The number of nitrogens with zero attached hydrogens (tertiary/aromatic N) is 1. The fourth-order valence-electron chi connectivity index (χ4n) is 1.82. The molecule has 0 N–H and O–H groups in total. The first kappa shape index (κ1) is 9.15. The first-order valence-corrected chi connectivity index (χ1v) is 6.95. The van der Waals surface area contributed by atoms with Gasteiger partial charge in [-0.25, -0.2) is 0 Å². The second kappa shape index (κ2) is 3.48. The molecule has 0 fully saturated rings. The van der Waals surface area contributed by atoms with Crippen LogP contribution in [0.4, 0.5) is 5.69 Å². The van der Waals surface area contributed by atoms with Gasteiger partial charge in [0.25, 0.3) is 0 Å². The summed E-state index contributed by atoms with van der Waals surface area (Å²) in [5.74, 6) is 0.974. The van der Waals surface area contributed by atoms with Crippen LogP contribution in [0.3, 0.4) is 0 Å². The van der Waals surface area contributed by atoms with Crippen LogP contribution in [0.5, 0.6) is 5.75 Å². The Bertz CT molecular complexity index is 550. The molecular weight excluding hydrogens is 301 g/mol. The highest BCUT2D eigenvalue weighted by atomic mass is 127. The summed E-state index contributed by atoms with van der Waals surface area (Å²) in [5.41, 5.74) is 1.24. The molecule has 0 spiro atoms. The van der Waals surface area contributed by atoms with E-state index in [1.807, 2.05) is 10.3 Å². The minimum absolute atomic E-state index is 0.126. The normalized spacial score (nSPS) is 14.3. The van der Waals surface area contributed by atoms with Crippen LogP contribution in [0, 0.1) is 0 Å². The Morgan fingerprint density at radius 3 is 2.93 bits per heavy atom. The van der Waals surface area contributed by atoms with Crippen LogP contribution in [0.1, 0.15) is 0 Å². The summed E-state index contributed by atoms with van der Waals surface area (Å²) in [7, 11) is 2.14. The largest absolute Gasteiger partial charge is 0.455 e. The predicted molar refractivity (Wildman–Crippen MR) is 73.1 cm³/mol. The number of ether oxygens (including phenoxy) is 1. The average Bonchev–Trinajstić information content (AvgIpc) is 2.29. The lowest BCUT2D eigenvalue weighted by Gasteiger charge is -2.22. The van der Waals surface area contributed by atoms with Gasteiger partial charge in [-0.05, 0) is 11.5 Å². The summed E-state index contributed by atoms with van der Waals surface area (Å²) in [5, 5.41) is 2.56. The molecule has 1 aliphatic heterocycles. The predicted octanol–water partition coefficient (Wildman–Crippen LogP) is 3.31. The molecule has 0 saturated carbocycles. The van der Waals surface area contributed by atoms with E-state index in [4.69, 9.17) is 4.74 Å². The lowest BCUT2D eigenvalue weighted by atomic mass is 10.1. The third kappa shape index (κ3) is 1.42. The molecule has 2 aromatic rings. The van der Waals surface area contributed by atoms with Crippen molar-refractivity contribution in [1.29, 1.82) is 0 Å². The summed E-state index contributed by atoms with van der Waals surface area (Å²) >= 11 is -0.126. The second-order valence-electron chi connectivity index (χ2n) is 3.42. The van der Waals surface area contributed by atoms with Gasteiger partial charge in [0.2, 0.25) is 0 Å². The molecule has 0 aromatic heterocycles. The van der Waals surface area contributed by atoms with Crippen molar-refractivity contribution in [2.45, 2.75) is 0 Å². The van der Waals surface area contributed by atoms with Gasteiger partial charge in [0.1, 0.15) is 4.20 Å². The number of anilines is 1. The van der Waals surface area contributed by atoms with Gasteiger partial charge in [-0.1, -0.05) is 30.3 Å². The minimum atomic E-state index is -0.126. The van der Waals surface area contributed by atoms with E-state index in [0.717, 1.165) is 5.75 Å². The Labute approximate surface area is 98.6 Å². The van der Waals surface area contributed by atoms with Crippen molar-refractivity contribution < 1.29 is 4.74 Å². The van der Waals surface area contributed by atoms with Gasteiger partial charge in [-0.3, -0.25) is 0 Å². The molecule has 0 unspecified atom stereocenters. The van der Waals surface area contributed by atoms with Gasteiger partial charge >= 0.3 is 0 Å². The van der Waals surface area contributed by atoms with E-state index in [0.29, 0.717) is 0 Å². The summed E-state index contributed by atoms with van der Waals surface area (Å²) in [4.78, 5) is 0. The first-order chi connectivity index (χ1) is 7.36. The lowest BCUT2D eigenvalue weighted by Crippen LogP contribution is -2.10. The van der Waals surface area contributed by atoms with Gasteiger partial charge in [0.15, 0.2) is 5.75 Å². The highest BCUT2D eigenvalue weighted by molar-refractivity contribution is 14.2. The molecule has 3 heteroatoms. The van der Waals surface area contributed by atoms with E-state index in [2.05, 4.69) is 40.5 Å². The van der Waals surface area contributed by atoms with Crippen LogP contribution in [-0.2, 0) is 0 Å².